The van der Waals surface area contributed by atoms with Gasteiger partial charge < -0.3 is 24.5 Å². The fourth-order valence-electron chi connectivity index (χ4n) is 4.30. The predicted molar refractivity (Wildman–Crippen MR) is 113 cm³/mol. The highest BCUT2D eigenvalue weighted by atomic mass is 16.5. The maximum atomic E-state index is 12.5. The van der Waals surface area contributed by atoms with Gasteiger partial charge in [-0.15, -0.1) is 0 Å². The molecule has 8 heteroatoms. The van der Waals surface area contributed by atoms with Crippen molar-refractivity contribution in [2.75, 3.05) is 37.7 Å². The molecule has 2 amide bonds. The number of carbonyl (C=O) groups is 3. The van der Waals surface area contributed by atoms with E-state index in [1.807, 2.05) is 20.8 Å². The third kappa shape index (κ3) is 4.75. The number of piperidine rings is 1. The Kier molecular flexibility index (Phi) is 6.36. The summed E-state index contributed by atoms with van der Waals surface area (Å²) in [5.74, 6) is 0.433. The molecule has 2 heterocycles. The van der Waals surface area contributed by atoms with E-state index in [0.717, 1.165) is 25.9 Å². The Labute approximate surface area is 177 Å². The standard InChI is InChI=1S/C22H31N3O5/c1-15(26)16-5-6-19-18(13-16)24(20(27)14-30-19)12-11-23-9-7-17(8-10-23)25(21(28)29)22(2,3)4/h5-6,13,17H,7-12,14H2,1-4H3,(H,28,29). The Hall–Kier alpha value is -2.61. The monoisotopic (exact) mass is 417 g/mol. The smallest absolute Gasteiger partial charge is 0.407 e. The van der Waals surface area contributed by atoms with E-state index in [0.29, 0.717) is 30.1 Å². The number of fused-ring (bicyclic) bond motifs is 1. The fourth-order valence-corrected chi connectivity index (χ4v) is 4.30. The molecule has 0 aliphatic carbocycles. The summed E-state index contributed by atoms with van der Waals surface area (Å²) in [5, 5.41) is 9.62. The van der Waals surface area contributed by atoms with Crippen LogP contribution < -0.4 is 9.64 Å². The maximum Gasteiger partial charge on any atom is 0.407 e. The zero-order valence-electron chi connectivity index (χ0n) is 18.2. The second kappa shape index (κ2) is 8.63. The van der Waals surface area contributed by atoms with Crippen LogP contribution in [0.15, 0.2) is 18.2 Å². The second-order valence-corrected chi connectivity index (χ2v) is 8.97. The van der Waals surface area contributed by atoms with Crippen molar-refractivity contribution in [3.05, 3.63) is 23.8 Å². The third-order valence-electron chi connectivity index (χ3n) is 5.80. The van der Waals surface area contributed by atoms with Crippen molar-refractivity contribution >= 4 is 23.5 Å². The first-order valence-corrected chi connectivity index (χ1v) is 10.4. The molecule has 0 spiro atoms. The second-order valence-electron chi connectivity index (χ2n) is 8.97. The molecule has 0 radical (unpaired) electrons. The Morgan fingerprint density at radius 3 is 2.43 bits per heavy atom. The van der Waals surface area contributed by atoms with Gasteiger partial charge in [0, 0.05) is 43.3 Å². The number of likely N-dealkylation sites (tertiary alicyclic amines) is 1. The number of ketones is 1. The molecule has 0 bridgehead atoms. The Morgan fingerprint density at radius 1 is 1.20 bits per heavy atom. The number of nitrogens with zero attached hydrogens (tertiary/aromatic N) is 3. The SMILES string of the molecule is CC(=O)c1ccc2c(c1)N(CCN1CCC(N(C(=O)O)C(C)(C)C)CC1)C(=O)CO2. The van der Waals surface area contributed by atoms with E-state index in [1.54, 1.807) is 28.0 Å². The van der Waals surface area contributed by atoms with Gasteiger partial charge >= 0.3 is 6.09 Å². The molecule has 1 N–H and O–H groups in total. The molecule has 3 rings (SSSR count). The van der Waals surface area contributed by atoms with Crippen LogP contribution in [0.4, 0.5) is 10.5 Å². The van der Waals surface area contributed by atoms with Crippen molar-refractivity contribution in [1.29, 1.82) is 0 Å². The van der Waals surface area contributed by atoms with E-state index >= 15 is 0 Å². The molecule has 1 fully saturated rings. The van der Waals surface area contributed by atoms with Crippen LogP contribution in [0.1, 0.15) is 50.9 Å². The van der Waals surface area contributed by atoms with Gasteiger partial charge in [-0.25, -0.2) is 4.79 Å². The van der Waals surface area contributed by atoms with Crippen LogP contribution in [0.25, 0.3) is 0 Å². The molecule has 30 heavy (non-hydrogen) atoms. The van der Waals surface area contributed by atoms with Crippen molar-refractivity contribution in [2.45, 2.75) is 52.1 Å². The molecule has 1 aromatic rings. The molecule has 164 valence electrons. The van der Waals surface area contributed by atoms with Gasteiger partial charge in [-0.05, 0) is 58.7 Å². The summed E-state index contributed by atoms with van der Waals surface area (Å²) in [6, 6.07) is 5.17. The van der Waals surface area contributed by atoms with Gasteiger partial charge in [0.2, 0.25) is 0 Å². The number of ether oxygens (including phenoxy) is 1. The summed E-state index contributed by atoms with van der Waals surface area (Å²) in [5.41, 5.74) is 0.754. The van der Waals surface area contributed by atoms with E-state index in [-0.39, 0.29) is 24.3 Å². The first kappa shape index (κ1) is 22.1. The summed E-state index contributed by atoms with van der Waals surface area (Å²) in [4.78, 5) is 41.4. The lowest BCUT2D eigenvalue weighted by molar-refractivity contribution is -0.121. The van der Waals surface area contributed by atoms with Gasteiger partial charge in [0.15, 0.2) is 12.4 Å². The molecule has 8 nitrogen and oxygen atoms in total. The zero-order valence-corrected chi connectivity index (χ0v) is 18.2. The van der Waals surface area contributed by atoms with Crippen molar-refractivity contribution < 1.29 is 24.2 Å². The summed E-state index contributed by atoms with van der Waals surface area (Å²) < 4.78 is 5.51. The minimum atomic E-state index is -0.877. The lowest BCUT2D eigenvalue weighted by Gasteiger charge is -2.43. The molecule has 0 saturated carbocycles. The topological polar surface area (TPSA) is 90.4 Å². The van der Waals surface area contributed by atoms with Crippen LogP contribution in [0.2, 0.25) is 0 Å². The minimum absolute atomic E-state index is 0.00243. The third-order valence-corrected chi connectivity index (χ3v) is 5.80. The normalized spacial score (nSPS) is 18.0. The van der Waals surface area contributed by atoms with Gasteiger partial charge in [-0.1, -0.05) is 0 Å². The Morgan fingerprint density at radius 2 is 1.87 bits per heavy atom. The van der Waals surface area contributed by atoms with Gasteiger partial charge in [-0.2, -0.15) is 0 Å². The van der Waals surface area contributed by atoms with Gasteiger partial charge in [0.25, 0.3) is 5.91 Å². The first-order chi connectivity index (χ1) is 14.1. The quantitative estimate of drug-likeness (QED) is 0.741. The van der Waals surface area contributed by atoms with Gasteiger partial charge in [0.1, 0.15) is 5.75 Å². The average Bonchev–Trinajstić information content (AvgIpc) is 2.66. The Balaban J connectivity index is 1.62. The number of Topliss-reactive ketones (excluding diaryl/α,β-unsaturated/α-hetero) is 1. The molecule has 2 aliphatic rings. The van der Waals surface area contributed by atoms with Crippen LogP contribution in [0.3, 0.4) is 0 Å². The summed E-state index contributed by atoms with van der Waals surface area (Å²) in [7, 11) is 0. The number of hydrogen-bond acceptors (Lipinski definition) is 5. The number of carboxylic acid groups (broad SMARTS) is 1. The molecule has 1 saturated heterocycles. The van der Waals surface area contributed by atoms with E-state index in [4.69, 9.17) is 4.74 Å². The number of rotatable bonds is 5. The first-order valence-electron chi connectivity index (χ1n) is 10.4. The highest BCUT2D eigenvalue weighted by Crippen LogP contribution is 2.33. The lowest BCUT2D eigenvalue weighted by atomic mass is 9.97. The van der Waals surface area contributed by atoms with E-state index < -0.39 is 11.6 Å². The number of anilines is 1. The molecule has 0 aromatic heterocycles. The summed E-state index contributed by atoms with van der Waals surface area (Å²) in [6.45, 7) is 10.0. The number of benzene rings is 1. The molecular weight excluding hydrogens is 386 g/mol. The number of hydrogen-bond donors (Lipinski definition) is 1. The summed E-state index contributed by atoms with van der Waals surface area (Å²) >= 11 is 0. The highest BCUT2D eigenvalue weighted by Gasteiger charge is 2.35. The lowest BCUT2D eigenvalue weighted by Crippen LogP contribution is -2.55. The van der Waals surface area contributed by atoms with E-state index in [9.17, 15) is 19.5 Å². The molecular formula is C22H31N3O5. The van der Waals surface area contributed by atoms with E-state index in [2.05, 4.69) is 4.90 Å². The van der Waals surface area contributed by atoms with Crippen molar-refractivity contribution in [3.63, 3.8) is 0 Å². The highest BCUT2D eigenvalue weighted by molar-refractivity contribution is 6.01. The molecule has 1 aromatic carbocycles. The predicted octanol–water partition coefficient (Wildman–Crippen LogP) is 2.86. The van der Waals surface area contributed by atoms with Crippen molar-refractivity contribution in [1.82, 2.24) is 9.80 Å². The number of carbonyl (C=O) groups excluding carboxylic acids is 2. The van der Waals surface area contributed by atoms with Crippen LogP contribution >= 0.6 is 0 Å². The maximum absolute atomic E-state index is 12.5. The average molecular weight is 418 g/mol. The van der Waals surface area contributed by atoms with Crippen LogP contribution in [0, 0.1) is 0 Å². The van der Waals surface area contributed by atoms with Gasteiger partial charge in [-0.3, -0.25) is 9.59 Å². The zero-order chi connectivity index (χ0) is 22.1. The Bertz CT molecular complexity index is 825. The van der Waals surface area contributed by atoms with Crippen LogP contribution in [0.5, 0.6) is 5.75 Å². The van der Waals surface area contributed by atoms with Crippen LogP contribution in [-0.4, -0.2) is 77.1 Å². The van der Waals surface area contributed by atoms with Crippen LogP contribution in [-0.2, 0) is 4.79 Å². The largest absolute Gasteiger partial charge is 0.482 e. The van der Waals surface area contributed by atoms with E-state index in [1.165, 1.54) is 6.92 Å². The molecule has 0 unspecified atom stereocenters. The van der Waals surface area contributed by atoms with Crippen molar-refractivity contribution in [3.8, 4) is 5.75 Å². The fraction of sp³-hybridized carbons (Fsp3) is 0.591. The number of amides is 2. The minimum Gasteiger partial charge on any atom is -0.482 e. The molecule has 2 aliphatic heterocycles. The van der Waals surface area contributed by atoms with Gasteiger partial charge in [0.05, 0.1) is 5.69 Å². The summed E-state index contributed by atoms with van der Waals surface area (Å²) in [6.07, 6.45) is 0.662. The molecule has 0 atom stereocenters. The van der Waals surface area contributed by atoms with Crippen molar-refractivity contribution in [2.24, 2.45) is 0 Å².